The van der Waals surface area contributed by atoms with Gasteiger partial charge in [0.2, 0.25) is 0 Å². The molecule has 0 unspecified atom stereocenters. The molecule has 0 saturated heterocycles. The molecule has 0 aromatic carbocycles. The number of pyridine rings is 1. The van der Waals surface area contributed by atoms with Crippen molar-refractivity contribution < 1.29 is 14.3 Å². The number of carboxylic acid groups (broad SMARTS) is 1. The molecule has 1 aliphatic heterocycles. The molecule has 0 radical (unpaired) electrons. The van der Waals surface area contributed by atoms with Crippen LogP contribution in [0.1, 0.15) is 16.1 Å². The quantitative estimate of drug-likeness (QED) is 0.842. The van der Waals surface area contributed by atoms with Gasteiger partial charge in [0.25, 0.3) is 0 Å². The number of rotatable bonds is 2. The number of hydrogen-bond donors (Lipinski definition) is 2. The Balaban J connectivity index is 2.99. The normalized spacial score (nSPS) is 10.6. The van der Waals surface area contributed by atoms with Crippen LogP contribution in [0.5, 0.6) is 0 Å². The third kappa shape index (κ3) is 1.71. The highest BCUT2D eigenvalue weighted by atomic mass is 19.1. The van der Waals surface area contributed by atoms with Gasteiger partial charge < -0.3 is 10.5 Å². The van der Waals surface area contributed by atoms with Gasteiger partial charge in [-0.3, -0.25) is 9.47 Å². The molecule has 6 heteroatoms. The molecule has 5 nitrogen and oxygen atoms in total. The van der Waals surface area contributed by atoms with Crippen LogP contribution in [0.15, 0.2) is 23.1 Å². The lowest BCUT2D eigenvalue weighted by molar-refractivity contribution is 0.0696. The number of carbonyl (C=O) groups is 1. The van der Waals surface area contributed by atoms with Crippen molar-refractivity contribution in [1.82, 2.24) is 4.68 Å². The van der Waals surface area contributed by atoms with Gasteiger partial charge in [-0.15, -0.1) is 0 Å². The number of carboxylic acids is 1. The first-order chi connectivity index (χ1) is 8.45. The summed E-state index contributed by atoms with van der Waals surface area (Å²) >= 11 is 0. The third-order valence-corrected chi connectivity index (χ3v) is 2.81. The summed E-state index contributed by atoms with van der Waals surface area (Å²) in [6.45, 7) is 1.58. The molecule has 94 valence electrons. The van der Waals surface area contributed by atoms with Crippen molar-refractivity contribution in [2.24, 2.45) is 0 Å². The number of hydrogen-bond acceptors (Lipinski definition) is 3. The van der Waals surface area contributed by atoms with Crippen LogP contribution in [0.25, 0.3) is 11.1 Å². The molecule has 0 amide bonds. The lowest BCUT2D eigenvalue weighted by Gasteiger charge is -2.18. The van der Waals surface area contributed by atoms with E-state index in [2.05, 4.69) is 5.43 Å². The second kappa shape index (κ2) is 4.14. The molecule has 0 saturated carbocycles. The number of nitrogens with one attached hydrogen (secondary N) is 1. The first-order valence-corrected chi connectivity index (χ1v) is 5.22. The summed E-state index contributed by atoms with van der Waals surface area (Å²) in [6, 6.07) is 1.97. The lowest BCUT2D eigenvalue weighted by Crippen LogP contribution is -2.20. The van der Waals surface area contributed by atoms with Crippen molar-refractivity contribution in [1.29, 1.82) is 0 Å². The van der Waals surface area contributed by atoms with Crippen LogP contribution in [0.2, 0.25) is 0 Å². The second-order valence-corrected chi connectivity index (χ2v) is 3.85. The standard InChI is InChI=1S/C12H11FN2O3/c1-6-11(12(17)18)8-3-7(16)4-10(13)9(8)5-15(6)14-2/h3-5,14H,1-2H3,(H,17,18). The van der Waals surface area contributed by atoms with Crippen molar-refractivity contribution in [3.05, 3.63) is 45.6 Å². The summed E-state index contributed by atoms with van der Waals surface area (Å²) in [5.41, 5.74) is 2.69. The van der Waals surface area contributed by atoms with Crippen LogP contribution in [0.3, 0.4) is 0 Å². The van der Waals surface area contributed by atoms with Crippen LogP contribution in [0, 0.1) is 12.7 Å². The zero-order valence-corrected chi connectivity index (χ0v) is 9.82. The fourth-order valence-electron chi connectivity index (χ4n) is 1.97. The highest BCUT2D eigenvalue weighted by Crippen LogP contribution is 2.28. The van der Waals surface area contributed by atoms with Crippen LogP contribution >= 0.6 is 0 Å². The number of aromatic carboxylic acids is 1. The molecule has 1 aliphatic carbocycles. The maximum Gasteiger partial charge on any atom is 0.338 e. The summed E-state index contributed by atoms with van der Waals surface area (Å²) in [5, 5.41) is 9.20. The molecular weight excluding hydrogens is 239 g/mol. The van der Waals surface area contributed by atoms with E-state index in [-0.39, 0.29) is 16.7 Å². The molecule has 0 atom stereocenters. The molecule has 0 fully saturated rings. The van der Waals surface area contributed by atoms with E-state index in [4.69, 9.17) is 0 Å². The number of aromatic nitrogens is 1. The minimum atomic E-state index is -1.20. The smallest absolute Gasteiger partial charge is 0.338 e. The Kier molecular flexibility index (Phi) is 2.78. The van der Waals surface area contributed by atoms with Gasteiger partial charge in [-0.2, -0.15) is 0 Å². The summed E-state index contributed by atoms with van der Waals surface area (Å²) in [7, 11) is 1.59. The average molecular weight is 250 g/mol. The molecule has 0 aromatic rings. The molecule has 2 N–H and O–H groups in total. The van der Waals surface area contributed by atoms with E-state index in [1.165, 1.54) is 10.9 Å². The van der Waals surface area contributed by atoms with Crippen LogP contribution in [-0.4, -0.2) is 22.8 Å². The van der Waals surface area contributed by atoms with Gasteiger partial charge in [-0.1, -0.05) is 0 Å². The van der Waals surface area contributed by atoms with Gasteiger partial charge in [-0.25, -0.2) is 9.18 Å². The lowest BCUT2D eigenvalue weighted by atomic mass is 9.97. The molecular formula is C12H11FN2O3. The molecule has 0 bridgehead atoms. The highest BCUT2D eigenvalue weighted by molar-refractivity contribution is 5.97. The van der Waals surface area contributed by atoms with Crippen molar-refractivity contribution in [3.8, 4) is 11.1 Å². The minimum Gasteiger partial charge on any atom is -0.478 e. The Labute approximate surface area is 102 Å². The summed E-state index contributed by atoms with van der Waals surface area (Å²) in [5.74, 6) is -1.93. The van der Waals surface area contributed by atoms with Crippen molar-refractivity contribution in [3.63, 3.8) is 0 Å². The monoisotopic (exact) mass is 250 g/mol. The zero-order chi connectivity index (χ0) is 13.4. The Bertz CT molecular complexity index is 663. The predicted octanol–water partition coefficient (Wildman–Crippen LogP) is 1.27. The van der Waals surface area contributed by atoms with Gasteiger partial charge >= 0.3 is 5.97 Å². The largest absolute Gasteiger partial charge is 0.478 e. The summed E-state index contributed by atoms with van der Waals surface area (Å²) < 4.78 is 15.1. The Morgan fingerprint density at radius 2 is 2.06 bits per heavy atom. The number of fused-ring (bicyclic) bond motifs is 1. The molecule has 18 heavy (non-hydrogen) atoms. The Morgan fingerprint density at radius 3 is 2.61 bits per heavy atom. The fraction of sp³-hybridized carbons (Fsp3) is 0.167. The number of halogens is 1. The Morgan fingerprint density at radius 1 is 1.39 bits per heavy atom. The zero-order valence-electron chi connectivity index (χ0n) is 9.82. The van der Waals surface area contributed by atoms with Gasteiger partial charge in [0, 0.05) is 30.4 Å². The minimum absolute atomic E-state index is 0.0848. The summed E-state index contributed by atoms with van der Waals surface area (Å²) in [6.07, 6.45) is 1.42. The van der Waals surface area contributed by atoms with E-state index >= 15 is 0 Å². The van der Waals surface area contributed by atoms with Gasteiger partial charge in [0.05, 0.1) is 11.3 Å². The van der Waals surface area contributed by atoms with Gasteiger partial charge in [0.1, 0.15) is 5.82 Å². The van der Waals surface area contributed by atoms with E-state index in [1.807, 2.05) is 0 Å². The third-order valence-electron chi connectivity index (χ3n) is 2.81. The predicted molar refractivity (Wildman–Crippen MR) is 64.3 cm³/mol. The van der Waals surface area contributed by atoms with E-state index in [1.54, 1.807) is 14.0 Å². The number of benzene rings is 1. The SMILES string of the molecule is CNn1cc2c(F)cc(=O)cc-2c(C(=O)O)c1C. The maximum absolute atomic E-state index is 13.7. The second-order valence-electron chi connectivity index (χ2n) is 3.85. The van der Waals surface area contributed by atoms with Gasteiger partial charge in [0.15, 0.2) is 5.43 Å². The maximum atomic E-state index is 13.7. The topological polar surface area (TPSA) is 71.3 Å². The Hall–Kier alpha value is -2.37. The van der Waals surface area contributed by atoms with Crippen LogP contribution in [0.4, 0.5) is 4.39 Å². The molecule has 0 aromatic heterocycles. The van der Waals surface area contributed by atoms with Crippen molar-refractivity contribution >= 4 is 5.97 Å². The fourth-order valence-corrected chi connectivity index (χ4v) is 1.97. The molecule has 2 rings (SSSR count). The first kappa shape index (κ1) is 12.1. The molecule has 0 spiro atoms. The van der Waals surface area contributed by atoms with Crippen molar-refractivity contribution in [2.45, 2.75) is 6.92 Å². The van der Waals surface area contributed by atoms with E-state index in [9.17, 15) is 19.1 Å². The number of nitrogens with zero attached hydrogens (tertiary/aromatic N) is 1. The molecule has 2 aliphatic rings. The molecule has 1 heterocycles. The van der Waals surface area contributed by atoms with Gasteiger partial charge in [-0.05, 0) is 13.0 Å². The van der Waals surface area contributed by atoms with Crippen molar-refractivity contribution in [2.75, 3.05) is 12.5 Å². The first-order valence-electron chi connectivity index (χ1n) is 5.22. The van der Waals surface area contributed by atoms with Crippen LogP contribution in [-0.2, 0) is 0 Å². The van der Waals surface area contributed by atoms with Crippen LogP contribution < -0.4 is 10.9 Å². The highest BCUT2D eigenvalue weighted by Gasteiger charge is 2.22. The van der Waals surface area contributed by atoms with E-state index in [0.717, 1.165) is 12.1 Å². The van der Waals surface area contributed by atoms with E-state index in [0.29, 0.717) is 5.69 Å². The average Bonchev–Trinajstić information content (AvgIpc) is 2.27. The summed E-state index contributed by atoms with van der Waals surface area (Å²) in [4.78, 5) is 22.6. The van der Waals surface area contributed by atoms with E-state index < -0.39 is 17.2 Å².